The molecule has 0 spiro atoms. The van der Waals surface area contributed by atoms with Crippen LogP contribution in [0.1, 0.15) is 13.8 Å². The van der Waals surface area contributed by atoms with Gasteiger partial charge in [0.25, 0.3) is 0 Å². The fourth-order valence-electron chi connectivity index (χ4n) is 0.222. The van der Waals surface area contributed by atoms with Crippen LogP contribution < -0.4 is 0 Å². The molecule has 0 aliphatic rings. The number of hydrogen-bond acceptors (Lipinski definition) is 0. The van der Waals surface area contributed by atoms with Gasteiger partial charge >= 0.3 is 0 Å². The van der Waals surface area contributed by atoms with Gasteiger partial charge in [0.05, 0.1) is 0 Å². The van der Waals surface area contributed by atoms with Crippen molar-refractivity contribution < 1.29 is 0 Å². The van der Waals surface area contributed by atoms with E-state index in [2.05, 4.69) is 11.6 Å². The highest BCUT2D eigenvalue weighted by Gasteiger charge is 1.62. The molecule has 0 aliphatic carbocycles. The van der Waals surface area contributed by atoms with Gasteiger partial charge in [-0.1, -0.05) is 23.8 Å². The molecule has 1 heteroatoms. The molecule has 0 fully saturated rings. The Morgan fingerprint density at radius 1 is 1.00 bits per heavy atom. The minimum absolute atomic E-state index is 1.28. The summed E-state index contributed by atoms with van der Waals surface area (Å²) in [6.45, 7) is 4.05. The average molecular weight is 113 g/mol. The predicted molar refractivity (Wildman–Crippen MR) is 36.5 cm³/mol. The highest BCUT2D eigenvalue weighted by atomic mass is 31.1. The van der Waals surface area contributed by atoms with Crippen LogP contribution in [-0.2, 0) is 0 Å². The van der Waals surface area contributed by atoms with E-state index >= 15 is 0 Å². The Morgan fingerprint density at radius 2 is 1.43 bits per heavy atom. The molecule has 0 unspecified atom stereocenters. The zero-order chi connectivity index (χ0) is 5.54. The zero-order valence-electron chi connectivity index (χ0n) is 4.76. The molecule has 0 N–H and O–H groups in total. The van der Waals surface area contributed by atoms with Gasteiger partial charge in [-0.3, -0.25) is 0 Å². The van der Waals surface area contributed by atoms with Crippen molar-refractivity contribution in [3.63, 3.8) is 0 Å². The third-order valence-electron chi connectivity index (χ3n) is 0.470. The zero-order valence-corrected chi connectivity index (χ0v) is 5.65. The van der Waals surface area contributed by atoms with Crippen molar-refractivity contribution in [2.24, 2.45) is 0 Å². The number of hydrogen-bond donors (Lipinski definition) is 0. The molecule has 0 aromatic heterocycles. The van der Waals surface area contributed by atoms with E-state index in [-0.39, 0.29) is 0 Å². The average Bonchev–Trinajstić information content (AvgIpc) is 1.69. The van der Waals surface area contributed by atoms with Crippen molar-refractivity contribution >= 4 is 8.58 Å². The monoisotopic (exact) mass is 113 g/mol. The molecule has 0 saturated heterocycles. The van der Waals surface area contributed by atoms with E-state index < -0.39 is 0 Å². The molecule has 39 valence electrons. The molecule has 1 radical (unpaired) electrons. The third kappa shape index (κ3) is 5.91. The molecule has 0 aromatic carbocycles. The van der Waals surface area contributed by atoms with Crippen LogP contribution in [0.2, 0.25) is 0 Å². The summed E-state index contributed by atoms with van der Waals surface area (Å²) in [5, 5.41) is 0. The molecule has 7 heavy (non-hydrogen) atoms. The highest BCUT2D eigenvalue weighted by molar-refractivity contribution is 7.45. The van der Waals surface area contributed by atoms with Gasteiger partial charge in [0, 0.05) is 0 Å². The first-order valence-electron chi connectivity index (χ1n) is 2.34. The second-order valence-electron chi connectivity index (χ2n) is 1.11. The van der Waals surface area contributed by atoms with Crippen molar-refractivity contribution in [1.29, 1.82) is 0 Å². The molecular weight excluding hydrogens is 103 g/mol. The van der Waals surface area contributed by atoms with Gasteiger partial charge in [0.1, 0.15) is 0 Å². The maximum atomic E-state index is 2.10. The predicted octanol–water partition coefficient (Wildman–Crippen LogP) is 3.00. The van der Waals surface area contributed by atoms with E-state index in [0.29, 0.717) is 0 Å². The molecule has 0 saturated carbocycles. The summed E-state index contributed by atoms with van der Waals surface area (Å²) < 4.78 is 0. The summed E-state index contributed by atoms with van der Waals surface area (Å²) in [4.78, 5) is 0. The Labute approximate surface area is 47.1 Å². The van der Waals surface area contributed by atoms with Crippen molar-refractivity contribution in [1.82, 2.24) is 0 Å². The maximum absolute atomic E-state index is 2.10. The quantitative estimate of drug-likeness (QED) is 0.483. The van der Waals surface area contributed by atoms with Crippen molar-refractivity contribution in [3.05, 3.63) is 23.8 Å². The molecule has 0 amide bonds. The van der Waals surface area contributed by atoms with Crippen LogP contribution in [-0.4, -0.2) is 0 Å². The second-order valence-corrected chi connectivity index (χ2v) is 2.01. The molecule has 0 heterocycles. The third-order valence-corrected chi connectivity index (χ3v) is 1.41. The van der Waals surface area contributed by atoms with Gasteiger partial charge < -0.3 is 0 Å². The Morgan fingerprint density at radius 3 is 1.71 bits per heavy atom. The fourth-order valence-corrected chi connectivity index (χ4v) is 0.665. The van der Waals surface area contributed by atoms with Crippen LogP contribution >= 0.6 is 8.58 Å². The Hall–Kier alpha value is -0.0900. The van der Waals surface area contributed by atoms with Crippen LogP contribution in [0.15, 0.2) is 23.8 Å². The van der Waals surface area contributed by atoms with Gasteiger partial charge in [-0.2, -0.15) is 0 Å². The van der Waals surface area contributed by atoms with E-state index in [4.69, 9.17) is 0 Å². The maximum Gasteiger partial charge on any atom is -0.0267 e. The van der Waals surface area contributed by atoms with Crippen molar-refractivity contribution in [2.75, 3.05) is 0 Å². The standard InChI is InChI=1S/C6H10P/c1-3-5-7-6-4-2/h3-6H,1-2H3. The molecule has 0 nitrogen and oxygen atoms in total. The van der Waals surface area contributed by atoms with E-state index in [1.807, 2.05) is 26.0 Å². The highest BCUT2D eigenvalue weighted by Crippen LogP contribution is 2.11. The number of allylic oxidation sites excluding steroid dienone is 2. The van der Waals surface area contributed by atoms with E-state index in [1.54, 1.807) is 0 Å². The number of rotatable bonds is 2. The van der Waals surface area contributed by atoms with Gasteiger partial charge in [0.2, 0.25) is 0 Å². The molecule has 0 aliphatic heterocycles. The minimum atomic E-state index is 1.28. The summed E-state index contributed by atoms with van der Waals surface area (Å²) in [5.74, 6) is 4.19. The Kier molecular flexibility index (Phi) is 5.83. The molecule has 0 aromatic rings. The normalized spacial score (nSPS) is 13.4. The lowest BCUT2D eigenvalue weighted by atomic mass is 10.8. The first-order chi connectivity index (χ1) is 3.41. The smallest absolute Gasteiger partial charge is 0.0267 e. The van der Waals surface area contributed by atoms with E-state index in [9.17, 15) is 0 Å². The van der Waals surface area contributed by atoms with Crippen LogP contribution in [0, 0.1) is 0 Å². The molecule has 0 rings (SSSR count). The summed E-state index contributed by atoms with van der Waals surface area (Å²) >= 11 is 0. The van der Waals surface area contributed by atoms with Gasteiger partial charge in [-0.15, -0.1) is 0 Å². The largest absolute Gasteiger partial charge is 0.0865 e. The molecular formula is C6H10P. The topological polar surface area (TPSA) is 0 Å². The second kappa shape index (κ2) is 5.91. The summed E-state index contributed by atoms with van der Waals surface area (Å²) in [6, 6.07) is 0. The Bertz CT molecular complexity index is 62.2. The minimum Gasteiger partial charge on any atom is -0.0865 e. The van der Waals surface area contributed by atoms with Gasteiger partial charge in [-0.25, -0.2) is 0 Å². The summed E-state index contributed by atoms with van der Waals surface area (Å²) in [5.41, 5.74) is 0. The van der Waals surface area contributed by atoms with Crippen molar-refractivity contribution in [2.45, 2.75) is 13.8 Å². The lowest BCUT2D eigenvalue weighted by Crippen LogP contribution is -1.35. The van der Waals surface area contributed by atoms with Crippen LogP contribution in [0.5, 0.6) is 0 Å². The van der Waals surface area contributed by atoms with E-state index in [1.165, 1.54) is 8.58 Å². The first-order valence-corrected chi connectivity index (χ1v) is 3.37. The fraction of sp³-hybridized carbons (Fsp3) is 0.333. The van der Waals surface area contributed by atoms with Crippen LogP contribution in [0.25, 0.3) is 0 Å². The Balaban J connectivity index is 2.98. The summed E-state index contributed by atoms with van der Waals surface area (Å²) in [6.07, 6.45) is 4.09. The SMILES string of the molecule is CC=C[P]C=CC. The molecule has 0 bridgehead atoms. The van der Waals surface area contributed by atoms with Gasteiger partial charge in [-0.05, 0) is 22.4 Å². The lowest BCUT2D eigenvalue weighted by Gasteiger charge is -1.72. The van der Waals surface area contributed by atoms with Crippen LogP contribution in [0.4, 0.5) is 0 Å². The first kappa shape index (κ1) is 6.91. The van der Waals surface area contributed by atoms with Crippen molar-refractivity contribution in [3.8, 4) is 0 Å². The molecule has 0 atom stereocenters. The lowest BCUT2D eigenvalue weighted by molar-refractivity contribution is 1.77. The van der Waals surface area contributed by atoms with Gasteiger partial charge in [0.15, 0.2) is 0 Å². The van der Waals surface area contributed by atoms with Crippen LogP contribution in [0.3, 0.4) is 0 Å². The summed E-state index contributed by atoms with van der Waals surface area (Å²) in [7, 11) is 1.28. The van der Waals surface area contributed by atoms with E-state index in [0.717, 1.165) is 0 Å².